The van der Waals surface area contributed by atoms with E-state index in [2.05, 4.69) is 31.2 Å². The van der Waals surface area contributed by atoms with Crippen LogP contribution in [0.5, 0.6) is 11.6 Å². The maximum Gasteiger partial charge on any atom is 0.259 e. The van der Waals surface area contributed by atoms with Crippen LogP contribution in [-0.2, 0) is 0 Å². The van der Waals surface area contributed by atoms with E-state index in [4.69, 9.17) is 15.6 Å². The van der Waals surface area contributed by atoms with Crippen LogP contribution in [0.4, 0.5) is 10.2 Å². The highest BCUT2D eigenvalue weighted by Crippen LogP contribution is 2.24. The minimum absolute atomic E-state index is 0.00852. The maximum atomic E-state index is 14.3. The summed E-state index contributed by atoms with van der Waals surface area (Å²) in [6.07, 6.45) is 1.04. The Kier molecular flexibility index (Phi) is 7.26. The van der Waals surface area contributed by atoms with Gasteiger partial charge in [-0.3, -0.25) is 15.6 Å². The lowest BCUT2D eigenvalue weighted by Gasteiger charge is -2.23. The molecular weight excluding hydrogens is 479 g/mol. The molecule has 32 heavy (non-hydrogen) atoms. The van der Waals surface area contributed by atoms with Gasteiger partial charge in [0.1, 0.15) is 27.7 Å². The van der Waals surface area contributed by atoms with Gasteiger partial charge in [0.25, 0.3) is 5.91 Å². The molecule has 0 aliphatic rings. The zero-order valence-electron chi connectivity index (χ0n) is 17.3. The number of nitrogens with one attached hydrogen (secondary N) is 3. The Labute approximate surface area is 192 Å². The zero-order valence-corrected chi connectivity index (χ0v) is 18.9. The molecule has 8 nitrogen and oxygen atoms in total. The summed E-state index contributed by atoms with van der Waals surface area (Å²) in [4.78, 5) is 22.5. The van der Waals surface area contributed by atoms with Crippen molar-refractivity contribution in [2.75, 3.05) is 5.32 Å². The van der Waals surface area contributed by atoms with Gasteiger partial charge >= 0.3 is 0 Å². The van der Waals surface area contributed by atoms with E-state index in [-0.39, 0.29) is 40.6 Å². The number of anilines is 1. The van der Waals surface area contributed by atoms with Gasteiger partial charge in [0, 0.05) is 12.1 Å². The molecule has 10 heteroatoms. The van der Waals surface area contributed by atoms with Gasteiger partial charge in [-0.15, -0.1) is 0 Å². The standard InChI is InChI=1S/C22H20BrFN6O2/c1-13(2)30(12-25)21(26)17-5-3-7-19(27-17)29-22(31)15-11-14(9-10-16(15)24)32-20-8-4-6-18(23)28-20/h3-13,25-26H,1-2H3,(H,27,29,31). The molecule has 0 unspecified atom stereocenters. The van der Waals surface area contributed by atoms with Crippen LogP contribution in [0.15, 0.2) is 59.2 Å². The van der Waals surface area contributed by atoms with Crippen molar-refractivity contribution < 1.29 is 13.9 Å². The van der Waals surface area contributed by atoms with Crippen LogP contribution in [0.2, 0.25) is 0 Å². The first kappa shape index (κ1) is 23.0. The highest BCUT2D eigenvalue weighted by Gasteiger charge is 2.17. The van der Waals surface area contributed by atoms with E-state index in [0.29, 0.717) is 4.60 Å². The summed E-state index contributed by atoms with van der Waals surface area (Å²) < 4.78 is 20.5. The molecule has 0 atom stereocenters. The molecule has 1 amide bonds. The molecule has 2 aromatic heterocycles. The second kappa shape index (κ2) is 10.1. The fraction of sp³-hybridized carbons (Fsp3) is 0.136. The normalized spacial score (nSPS) is 10.5. The summed E-state index contributed by atoms with van der Waals surface area (Å²) in [7, 11) is 0. The van der Waals surface area contributed by atoms with Crippen molar-refractivity contribution in [3.63, 3.8) is 0 Å². The number of hydrogen-bond acceptors (Lipinski definition) is 6. The van der Waals surface area contributed by atoms with Crippen molar-refractivity contribution in [1.29, 1.82) is 10.8 Å². The van der Waals surface area contributed by atoms with Gasteiger partial charge in [-0.1, -0.05) is 12.1 Å². The van der Waals surface area contributed by atoms with Crippen LogP contribution in [0.25, 0.3) is 0 Å². The molecule has 0 bridgehead atoms. The van der Waals surface area contributed by atoms with Crippen LogP contribution in [0.1, 0.15) is 29.9 Å². The Morgan fingerprint density at radius 2 is 1.94 bits per heavy atom. The molecule has 2 heterocycles. The molecule has 0 aliphatic carbocycles. The lowest BCUT2D eigenvalue weighted by Crippen LogP contribution is -2.36. The number of amides is 1. The third-order valence-corrected chi connectivity index (χ3v) is 4.72. The van der Waals surface area contributed by atoms with Crippen LogP contribution < -0.4 is 10.1 Å². The first-order chi connectivity index (χ1) is 15.3. The lowest BCUT2D eigenvalue weighted by molar-refractivity contribution is 0.102. The number of ether oxygens (including phenoxy) is 1. The number of amidine groups is 1. The summed E-state index contributed by atoms with van der Waals surface area (Å²) >= 11 is 3.25. The summed E-state index contributed by atoms with van der Waals surface area (Å²) in [6.45, 7) is 3.68. The lowest BCUT2D eigenvalue weighted by atomic mass is 10.2. The number of rotatable bonds is 7. The number of aromatic nitrogens is 2. The van der Waals surface area contributed by atoms with E-state index < -0.39 is 11.7 Å². The molecule has 3 aromatic rings. The molecule has 0 saturated carbocycles. The first-order valence-corrected chi connectivity index (χ1v) is 10.3. The number of hydrogen-bond donors (Lipinski definition) is 3. The molecule has 1 aromatic carbocycles. The minimum Gasteiger partial charge on any atom is -0.439 e. The third-order valence-electron chi connectivity index (χ3n) is 4.28. The number of halogens is 2. The smallest absolute Gasteiger partial charge is 0.259 e. The SMILES string of the molecule is CC(C)N(C=N)C(=N)c1cccc(NC(=O)c2cc(Oc3cccc(Br)n3)ccc2F)n1. The molecule has 0 fully saturated rings. The van der Waals surface area contributed by atoms with Crippen LogP contribution in [0, 0.1) is 16.6 Å². The van der Waals surface area contributed by atoms with Gasteiger partial charge in [-0.05, 0) is 66.2 Å². The second-order valence-electron chi connectivity index (χ2n) is 6.88. The van der Waals surface area contributed by atoms with Crippen molar-refractivity contribution in [3.8, 4) is 11.6 Å². The van der Waals surface area contributed by atoms with Crippen LogP contribution in [0.3, 0.4) is 0 Å². The highest BCUT2D eigenvalue weighted by molar-refractivity contribution is 9.10. The Bertz CT molecular complexity index is 1170. The number of nitrogens with zero attached hydrogens (tertiary/aromatic N) is 3. The summed E-state index contributed by atoms with van der Waals surface area (Å²) in [5.74, 6) is -0.773. The molecule has 3 rings (SSSR count). The summed E-state index contributed by atoms with van der Waals surface area (Å²) in [5, 5.41) is 18.3. The van der Waals surface area contributed by atoms with Crippen molar-refractivity contribution in [3.05, 3.63) is 76.3 Å². The Morgan fingerprint density at radius 3 is 2.62 bits per heavy atom. The van der Waals surface area contributed by atoms with E-state index in [1.807, 2.05) is 13.8 Å². The highest BCUT2D eigenvalue weighted by atomic mass is 79.9. The van der Waals surface area contributed by atoms with Gasteiger partial charge in [0.05, 0.1) is 11.9 Å². The molecule has 3 N–H and O–H groups in total. The summed E-state index contributed by atoms with van der Waals surface area (Å²) in [5.41, 5.74) is 0.0290. The predicted molar refractivity (Wildman–Crippen MR) is 123 cm³/mol. The monoisotopic (exact) mass is 498 g/mol. The zero-order chi connectivity index (χ0) is 23.3. The Morgan fingerprint density at radius 1 is 1.19 bits per heavy atom. The van der Waals surface area contributed by atoms with Gasteiger partial charge in [0.2, 0.25) is 5.88 Å². The van der Waals surface area contributed by atoms with Gasteiger partial charge in [-0.2, -0.15) is 0 Å². The summed E-state index contributed by atoms with van der Waals surface area (Å²) in [6, 6.07) is 13.5. The van der Waals surface area contributed by atoms with E-state index in [0.717, 1.165) is 12.4 Å². The number of carbonyl (C=O) groups excluding carboxylic acids is 1. The quantitative estimate of drug-likeness (QED) is 0.239. The van der Waals surface area contributed by atoms with Crippen LogP contribution in [-0.4, -0.2) is 39.0 Å². The largest absolute Gasteiger partial charge is 0.439 e. The molecule has 0 saturated heterocycles. The first-order valence-electron chi connectivity index (χ1n) is 9.54. The van der Waals surface area contributed by atoms with E-state index in [1.165, 1.54) is 23.1 Å². The molecule has 164 valence electrons. The van der Waals surface area contributed by atoms with Gasteiger partial charge in [-0.25, -0.2) is 14.4 Å². The molecule has 0 aliphatic heterocycles. The van der Waals surface area contributed by atoms with E-state index in [1.54, 1.807) is 30.3 Å². The average Bonchev–Trinajstić information content (AvgIpc) is 2.75. The van der Waals surface area contributed by atoms with Crippen molar-refractivity contribution in [2.45, 2.75) is 19.9 Å². The molecular formula is C22H20BrFN6O2. The minimum atomic E-state index is -0.726. The molecule has 0 spiro atoms. The van der Waals surface area contributed by atoms with Crippen molar-refractivity contribution in [1.82, 2.24) is 14.9 Å². The fourth-order valence-electron chi connectivity index (χ4n) is 2.73. The van der Waals surface area contributed by atoms with Crippen molar-refractivity contribution in [2.24, 2.45) is 0 Å². The van der Waals surface area contributed by atoms with Crippen molar-refractivity contribution >= 4 is 39.8 Å². The third kappa shape index (κ3) is 5.52. The topological polar surface area (TPSA) is 115 Å². The Hall–Kier alpha value is -3.66. The predicted octanol–water partition coefficient (Wildman–Crippen LogP) is 5.07. The maximum absolute atomic E-state index is 14.3. The van der Waals surface area contributed by atoms with Gasteiger partial charge < -0.3 is 15.0 Å². The number of pyridine rings is 2. The van der Waals surface area contributed by atoms with E-state index >= 15 is 0 Å². The fourth-order valence-corrected chi connectivity index (χ4v) is 3.06. The average molecular weight is 499 g/mol. The number of carbonyl (C=O) groups is 1. The Balaban J connectivity index is 1.80. The second-order valence-corrected chi connectivity index (χ2v) is 7.70. The number of benzene rings is 1. The van der Waals surface area contributed by atoms with E-state index in [9.17, 15) is 9.18 Å². The van der Waals surface area contributed by atoms with Crippen LogP contribution >= 0.6 is 15.9 Å². The molecule has 0 radical (unpaired) electrons. The van der Waals surface area contributed by atoms with Gasteiger partial charge in [0.15, 0.2) is 5.84 Å².